The first-order chi connectivity index (χ1) is 16.9. The van der Waals surface area contributed by atoms with Crippen molar-refractivity contribution in [3.8, 4) is 0 Å². The van der Waals surface area contributed by atoms with Crippen LogP contribution in [-0.2, 0) is 24.9 Å². The zero-order valence-electron chi connectivity index (χ0n) is 20.8. The molecular weight excluding hydrogens is 494 g/mol. The molecule has 4 aliphatic rings. The van der Waals surface area contributed by atoms with Gasteiger partial charge in [0.25, 0.3) is 0 Å². The number of alkyl halides is 1. The van der Waals surface area contributed by atoms with E-state index in [0.29, 0.717) is 36.9 Å². The highest BCUT2D eigenvalue weighted by Crippen LogP contribution is 2.66. The van der Waals surface area contributed by atoms with Crippen LogP contribution in [0.2, 0.25) is 0 Å². The van der Waals surface area contributed by atoms with E-state index < -0.39 is 39.7 Å². The Balaban J connectivity index is 1.24. The van der Waals surface area contributed by atoms with Gasteiger partial charge in [0.2, 0.25) is 10.0 Å². The van der Waals surface area contributed by atoms with Gasteiger partial charge in [-0.2, -0.15) is 0 Å². The van der Waals surface area contributed by atoms with Gasteiger partial charge in [0.1, 0.15) is 18.1 Å². The molecule has 36 heavy (non-hydrogen) atoms. The molecule has 1 N–H and O–H groups in total. The fourth-order valence-corrected chi connectivity index (χ4v) is 7.20. The first-order valence-corrected chi connectivity index (χ1v) is 14.5. The van der Waals surface area contributed by atoms with Gasteiger partial charge < -0.3 is 9.47 Å². The number of amides is 1. The van der Waals surface area contributed by atoms with Crippen LogP contribution in [0.25, 0.3) is 0 Å². The third kappa shape index (κ3) is 4.96. The molecule has 4 fully saturated rings. The molecule has 1 unspecified atom stereocenters. The third-order valence-electron chi connectivity index (χ3n) is 8.62. The van der Waals surface area contributed by atoms with Crippen LogP contribution in [0.3, 0.4) is 0 Å². The second kappa shape index (κ2) is 9.13. The molecule has 1 amide bonds. The Labute approximate surface area is 210 Å². The molecule has 2 heterocycles. The summed E-state index contributed by atoms with van der Waals surface area (Å²) < 4.78 is 65.5. The average molecular weight is 529 g/mol. The van der Waals surface area contributed by atoms with Crippen molar-refractivity contribution < 1.29 is 31.5 Å². The van der Waals surface area contributed by atoms with Crippen LogP contribution in [-0.4, -0.2) is 78.7 Å². The Kier molecular flexibility index (Phi) is 6.52. The van der Waals surface area contributed by atoms with Crippen molar-refractivity contribution in [2.24, 2.45) is 11.8 Å². The minimum atomic E-state index is -3.52. The van der Waals surface area contributed by atoms with Gasteiger partial charge in [-0.15, -0.1) is 0 Å². The predicted molar refractivity (Wildman–Crippen MR) is 126 cm³/mol. The zero-order chi connectivity index (χ0) is 25.9. The highest BCUT2D eigenvalue weighted by molar-refractivity contribution is 7.88. The van der Waals surface area contributed by atoms with Crippen molar-refractivity contribution >= 4 is 16.1 Å². The summed E-state index contributed by atoms with van der Waals surface area (Å²) in [7, 11) is -3.52. The molecular formula is C24H34F2N4O5S. The summed E-state index contributed by atoms with van der Waals surface area (Å²) in [6.07, 6.45) is 6.30. The molecule has 1 aromatic heterocycles. The van der Waals surface area contributed by atoms with Gasteiger partial charge in [-0.3, -0.25) is 4.90 Å². The number of hydrogen-bond acceptors (Lipinski definition) is 7. The maximum Gasteiger partial charge on any atom is 0.410 e. The Morgan fingerprint density at radius 1 is 1.22 bits per heavy atom. The smallest absolute Gasteiger partial charge is 0.410 e. The highest BCUT2D eigenvalue weighted by Gasteiger charge is 2.66. The molecule has 1 saturated heterocycles. The van der Waals surface area contributed by atoms with Gasteiger partial charge in [-0.1, -0.05) is 6.92 Å². The molecule has 1 aromatic rings. The normalized spacial score (nSPS) is 36.9. The Morgan fingerprint density at radius 3 is 2.53 bits per heavy atom. The number of hydrogen-bond donors (Lipinski definition) is 1. The first-order valence-electron chi connectivity index (χ1n) is 12.6. The van der Waals surface area contributed by atoms with Crippen LogP contribution >= 0.6 is 0 Å². The number of likely N-dealkylation sites (tertiary alicyclic amines) is 1. The molecule has 1 aliphatic heterocycles. The lowest BCUT2D eigenvalue weighted by atomic mass is 9.85. The van der Waals surface area contributed by atoms with Crippen LogP contribution < -0.4 is 4.72 Å². The lowest BCUT2D eigenvalue weighted by Gasteiger charge is -2.33. The lowest BCUT2D eigenvalue weighted by molar-refractivity contribution is -0.0143. The zero-order valence-corrected chi connectivity index (χ0v) is 21.6. The van der Waals surface area contributed by atoms with Gasteiger partial charge in [0, 0.05) is 17.5 Å². The quantitative estimate of drug-likeness (QED) is 0.552. The van der Waals surface area contributed by atoms with Crippen LogP contribution in [0.4, 0.5) is 13.6 Å². The number of nitrogens with one attached hydrogen (secondary N) is 1. The number of halogens is 2. The van der Waals surface area contributed by atoms with Crippen molar-refractivity contribution in [1.29, 1.82) is 0 Å². The summed E-state index contributed by atoms with van der Waals surface area (Å²) in [6.45, 7) is 3.82. The SMILES string of the molecule is C[C@@H]1C[C@H](NS(C)(=O)=O)[C@H](CO[C@H]2CC[C@]3(c4ncc(F)cn4)C(C2)[C@@H]3C)N1C(=O)OCC1(F)CC1. The van der Waals surface area contributed by atoms with Gasteiger partial charge in [0.15, 0.2) is 5.82 Å². The summed E-state index contributed by atoms with van der Waals surface area (Å²) in [6, 6.07) is -1.39. The number of sulfonamides is 1. The number of rotatable bonds is 8. The van der Waals surface area contributed by atoms with E-state index in [1.807, 2.05) is 6.92 Å². The maximum absolute atomic E-state index is 14.0. The first kappa shape index (κ1) is 25.7. The molecule has 12 heteroatoms. The Morgan fingerprint density at radius 2 is 1.92 bits per heavy atom. The van der Waals surface area contributed by atoms with E-state index in [2.05, 4.69) is 21.6 Å². The number of carbonyl (C=O) groups excluding carboxylic acids is 1. The minimum Gasteiger partial charge on any atom is -0.446 e. The van der Waals surface area contributed by atoms with E-state index >= 15 is 0 Å². The Hall–Kier alpha value is -1.92. The number of aromatic nitrogens is 2. The minimum absolute atomic E-state index is 0.0678. The van der Waals surface area contributed by atoms with Gasteiger partial charge in [-0.05, 0) is 57.3 Å². The summed E-state index contributed by atoms with van der Waals surface area (Å²) in [5.74, 6) is 0.887. The van der Waals surface area contributed by atoms with Gasteiger partial charge >= 0.3 is 6.09 Å². The molecule has 0 aromatic carbocycles. The van der Waals surface area contributed by atoms with E-state index in [1.165, 1.54) is 17.3 Å². The average Bonchev–Trinajstić information content (AvgIpc) is 3.66. The number of nitrogens with zero attached hydrogens (tertiary/aromatic N) is 3. The number of carbonyl (C=O) groups is 1. The molecule has 3 saturated carbocycles. The third-order valence-corrected chi connectivity index (χ3v) is 9.35. The maximum atomic E-state index is 14.0. The highest BCUT2D eigenvalue weighted by atomic mass is 32.2. The molecule has 3 aliphatic carbocycles. The molecule has 5 rings (SSSR count). The van der Waals surface area contributed by atoms with E-state index in [-0.39, 0.29) is 30.8 Å². The molecule has 0 radical (unpaired) electrons. The predicted octanol–water partition coefficient (Wildman–Crippen LogP) is 2.71. The van der Waals surface area contributed by atoms with Crippen LogP contribution in [0.1, 0.15) is 58.2 Å². The van der Waals surface area contributed by atoms with Crippen LogP contribution in [0, 0.1) is 17.7 Å². The molecule has 9 nitrogen and oxygen atoms in total. The van der Waals surface area contributed by atoms with Crippen molar-refractivity contribution in [3.05, 3.63) is 24.0 Å². The van der Waals surface area contributed by atoms with E-state index in [0.717, 1.165) is 25.5 Å². The summed E-state index contributed by atoms with van der Waals surface area (Å²) in [5, 5.41) is 0. The second-order valence-corrected chi connectivity index (χ2v) is 12.9. The summed E-state index contributed by atoms with van der Waals surface area (Å²) in [5.41, 5.74) is -1.59. The fraction of sp³-hybridized carbons (Fsp3) is 0.792. The molecule has 0 spiro atoms. The molecule has 200 valence electrons. The van der Waals surface area contributed by atoms with E-state index in [1.54, 1.807) is 0 Å². The standard InChI is InChI=1S/C24H34F2N4O5S/c1-14-8-19(29-36(3,32)33)20(30(14)22(31)35-13-23(26)6-7-23)12-34-17-4-5-24(15(2)18(24)9-17)21-27-10-16(25)11-28-21/h10-11,14-15,17-20,29H,4-9,12-13H2,1-3H3/t14-,15+,17+,18?,19+,20+,24-/m1/s1. The van der Waals surface area contributed by atoms with Crippen molar-refractivity contribution in [3.63, 3.8) is 0 Å². The Bertz CT molecular complexity index is 1100. The fourth-order valence-electron chi connectivity index (χ4n) is 6.39. The van der Waals surface area contributed by atoms with Crippen molar-refractivity contribution in [2.75, 3.05) is 19.5 Å². The molecule has 0 bridgehead atoms. The van der Waals surface area contributed by atoms with E-state index in [9.17, 15) is 22.0 Å². The number of fused-ring (bicyclic) bond motifs is 1. The van der Waals surface area contributed by atoms with Crippen molar-refractivity contribution in [1.82, 2.24) is 19.6 Å². The van der Waals surface area contributed by atoms with Gasteiger partial charge in [0.05, 0.1) is 37.4 Å². The van der Waals surface area contributed by atoms with Gasteiger partial charge in [-0.25, -0.2) is 36.7 Å². The summed E-state index contributed by atoms with van der Waals surface area (Å²) in [4.78, 5) is 22.9. The van der Waals surface area contributed by atoms with Crippen molar-refractivity contribution in [2.45, 2.75) is 87.7 Å². The van der Waals surface area contributed by atoms with Crippen LogP contribution in [0.5, 0.6) is 0 Å². The molecule has 7 atom stereocenters. The summed E-state index contributed by atoms with van der Waals surface area (Å²) >= 11 is 0. The topological polar surface area (TPSA) is 111 Å². The largest absolute Gasteiger partial charge is 0.446 e. The second-order valence-electron chi connectivity index (χ2n) is 11.2. The van der Waals surface area contributed by atoms with Crippen LogP contribution in [0.15, 0.2) is 12.4 Å². The monoisotopic (exact) mass is 528 g/mol. The van der Waals surface area contributed by atoms with E-state index in [4.69, 9.17) is 9.47 Å². The number of ether oxygens (including phenoxy) is 2. The lowest BCUT2D eigenvalue weighted by Crippen LogP contribution is -2.50.